The number of benzene rings is 1. The van der Waals surface area contributed by atoms with Crippen molar-refractivity contribution < 1.29 is 24.3 Å². The van der Waals surface area contributed by atoms with Crippen LogP contribution in [0.5, 0.6) is 5.75 Å². The molecule has 1 rings (SSSR count). The Labute approximate surface area is 121 Å². The molecule has 0 bridgehead atoms. The Morgan fingerprint density at radius 1 is 1.24 bits per heavy atom. The van der Waals surface area contributed by atoms with Gasteiger partial charge in [0.2, 0.25) is 5.91 Å². The van der Waals surface area contributed by atoms with Gasteiger partial charge in [-0.25, -0.2) is 4.79 Å². The first-order valence-electron chi connectivity index (χ1n) is 6.22. The standard InChI is InChI=1S/C13H17N3O5/c1-8(17)15-5-2-6-16-12(19)9-3-4-10(11(18)7-9)13(20)21-14/h3-4,7,18H,2,5-6,14H2,1H3,(H,15,17)(H,16,19). The molecule has 0 aromatic heterocycles. The van der Waals surface area contributed by atoms with Crippen LogP contribution in [0.15, 0.2) is 18.2 Å². The summed E-state index contributed by atoms with van der Waals surface area (Å²) in [7, 11) is 0. The van der Waals surface area contributed by atoms with Gasteiger partial charge >= 0.3 is 5.97 Å². The third-order valence-corrected chi connectivity index (χ3v) is 2.60. The fourth-order valence-corrected chi connectivity index (χ4v) is 1.57. The van der Waals surface area contributed by atoms with E-state index >= 15 is 0 Å². The van der Waals surface area contributed by atoms with Crippen LogP contribution in [-0.4, -0.2) is 36.0 Å². The van der Waals surface area contributed by atoms with Gasteiger partial charge in [0.15, 0.2) is 0 Å². The highest BCUT2D eigenvalue weighted by atomic mass is 16.7. The van der Waals surface area contributed by atoms with Crippen molar-refractivity contribution in [3.05, 3.63) is 29.3 Å². The lowest BCUT2D eigenvalue weighted by Crippen LogP contribution is -2.28. The number of phenolic OH excluding ortho intramolecular Hbond substituents is 1. The summed E-state index contributed by atoms with van der Waals surface area (Å²) >= 11 is 0. The Kier molecular flexibility index (Phi) is 6.15. The number of phenols is 1. The lowest BCUT2D eigenvalue weighted by Gasteiger charge is -2.07. The van der Waals surface area contributed by atoms with E-state index in [1.807, 2.05) is 0 Å². The number of rotatable bonds is 6. The smallest absolute Gasteiger partial charge is 0.360 e. The van der Waals surface area contributed by atoms with E-state index in [0.29, 0.717) is 19.5 Å². The molecule has 0 saturated heterocycles. The van der Waals surface area contributed by atoms with Crippen LogP contribution in [0, 0.1) is 0 Å². The van der Waals surface area contributed by atoms with Gasteiger partial charge in [0.05, 0.1) is 0 Å². The van der Waals surface area contributed by atoms with E-state index in [1.165, 1.54) is 19.1 Å². The Hall–Kier alpha value is -2.61. The molecule has 8 heteroatoms. The number of nitrogens with two attached hydrogens (primary N) is 1. The summed E-state index contributed by atoms with van der Waals surface area (Å²) < 4.78 is 0. The number of aromatic hydroxyl groups is 1. The zero-order valence-electron chi connectivity index (χ0n) is 11.5. The normalized spacial score (nSPS) is 9.81. The van der Waals surface area contributed by atoms with Gasteiger partial charge in [-0.15, -0.1) is 0 Å². The Morgan fingerprint density at radius 3 is 2.48 bits per heavy atom. The highest BCUT2D eigenvalue weighted by molar-refractivity contribution is 5.98. The molecule has 2 amide bonds. The van der Waals surface area contributed by atoms with E-state index in [9.17, 15) is 19.5 Å². The molecule has 8 nitrogen and oxygen atoms in total. The van der Waals surface area contributed by atoms with Crippen molar-refractivity contribution in [2.24, 2.45) is 5.90 Å². The SMILES string of the molecule is CC(=O)NCCCNC(=O)c1ccc(C(=O)ON)c(O)c1. The molecule has 0 saturated carbocycles. The van der Waals surface area contributed by atoms with Crippen LogP contribution in [0.25, 0.3) is 0 Å². The number of amides is 2. The summed E-state index contributed by atoms with van der Waals surface area (Å²) in [5.74, 6) is 2.90. The number of nitrogens with one attached hydrogen (secondary N) is 2. The maximum absolute atomic E-state index is 11.8. The minimum Gasteiger partial charge on any atom is -0.507 e. The maximum Gasteiger partial charge on any atom is 0.360 e. The summed E-state index contributed by atoms with van der Waals surface area (Å²) in [6, 6.07) is 3.77. The molecule has 0 unspecified atom stereocenters. The molecule has 1 aromatic rings. The molecule has 0 radical (unpaired) electrons. The molecule has 1 aromatic carbocycles. The van der Waals surface area contributed by atoms with Gasteiger partial charge in [-0.05, 0) is 24.6 Å². The summed E-state index contributed by atoms with van der Waals surface area (Å²) in [6.07, 6.45) is 0.578. The van der Waals surface area contributed by atoms with Gasteiger partial charge in [0.25, 0.3) is 5.91 Å². The fraction of sp³-hybridized carbons (Fsp3) is 0.308. The van der Waals surface area contributed by atoms with Crippen molar-refractivity contribution in [2.75, 3.05) is 13.1 Å². The number of carbonyl (C=O) groups is 3. The molecule has 0 heterocycles. The molecular formula is C13H17N3O5. The first-order valence-corrected chi connectivity index (χ1v) is 6.22. The second kappa shape index (κ2) is 7.85. The van der Waals surface area contributed by atoms with Crippen LogP contribution in [0.4, 0.5) is 0 Å². The van der Waals surface area contributed by atoms with Gasteiger partial charge in [-0.3, -0.25) is 9.59 Å². The lowest BCUT2D eigenvalue weighted by atomic mass is 10.1. The van der Waals surface area contributed by atoms with Crippen molar-refractivity contribution in [3.63, 3.8) is 0 Å². The average molecular weight is 295 g/mol. The number of carbonyl (C=O) groups excluding carboxylic acids is 3. The van der Waals surface area contributed by atoms with Crippen molar-refractivity contribution >= 4 is 17.8 Å². The molecule has 5 N–H and O–H groups in total. The van der Waals surface area contributed by atoms with E-state index in [0.717, 1.165) is 6.07 Å². The first kappa shape index (κ1) is 16.4. The van der Waals surface area contributed by atoms with Gasteiger partial charge in [0.1, 0.15) is 11.3 Å². The van der Waals surface area contributed by atoms with E-state index in [-0.39, 0.29) is 17.0 Å². The second-order valence-corrected chi connectivity index (χ2v) is 4.23. The zero-order chi connectivity index (χ0) is 15.8. The molecular weight excluding hydrogens is 278 g/mol. The van der Waals surface area contributed by atoms with Gasteiger partial charge in [-0.1, -0.05) is 0 Å². The van der Waals surface area contributed by atoms with Crippen LogP contribution >= 0.6 is 0 Å². The van der Waals surface area contributed by atoms with Crippen molar-refractivity contribution in [3.8, 4) is 5.75 Å². The average Bonchev–Trinajstić information content (AvgIpc) is 2.45. The quantitative estimate of drug-likeness (QED) is 0.420. The van der Waals surface area contributed by atoms with Crippen molar-refractivity contribution in [1.29, 1.82) is 0 Å². The Bertz CT molecular complexity index is 545. The molecule has 114 valence electrons. The fourth-order valence-electron chi connectivity index (χ4n) is 1.57. The number of hydrogen-bond donors (Lipinski definition) is 4. The molecule has 0 spiro atoms. The zero-order valence-corrected chi connectivity index (χ0v) is 11.5. The molecule has 21 heavy (non-hydrogen) atoms. The molecule has 0 aliphatic carbocycles. The van der Waals surface area contributed by atoms with Crippen LogP contribution in [0.2, 0.25) is 0 Å². The van der Waals surface area contributed by atoms with E-state index in [1.54, 1.807) is 0 Å². The molecule has 0 aliphatic heterocycles. The monoisotopic (exact) mass is 295 g/mol. The topological polar surface area (TPSA) is 131 Å². The van der Waals surface area contributed by atoms with E-state index < -0.39 is 17.6 Å². The highest BCUT2D eigenvalue weighted by Gasteiger charge is 2.14. The third kappa shape index (κ3) is 5.11. The number of hydrogen-bond acceptors (Lipinski definition) is 6. The molecule has 0 fully saturated rings. The lowest BCUT2D eigenvalue weighted by molar-refractivity contribution is -0.118. The predicted molar refractivity (Wildman–Crippen MR) is 73.3 cm³/mol. The second-order valence-electron chi connectivity index (χ2n) is 4.23. The van der Waals surface area contributed by atoms with Gasteiger partial charge in [0, 0.05) is 25.6 Å². The summed E-state index contributed by atoms with van der Waals surface area (Å²) in [6.45, 7) is 2.24. The third-order valence-electron chi connectivity index (χ3n) is 2.60. The summed E-state index contributed by atoms with van der Waals surface area (Å²) in [4.78, 5) is 37.6. The minimum absolute atomic E-state index is 0.125. The van der Waals surface area contributed by atoms with Gasteiger partial charge in [-0.2, -0.15) is 5.90 Å². The maximum atomic E-state index is 11.8. The van der Waals surface area contributed by atoms with Crippen LogP contribution in [0.1, 0.15) is 34.1 Å². The van der Waals surface area contributed by atoms with Crippen molar-refractivity contribution in [1.82, 2.24) is 10.6 Å². The summed E-state index contributed by atoms with van der Waals surface area (Å²) in [5.41, 5.74) is 0.0697. The van der Waals surface area contributed by atoms with E-state index in [2.05, 4.69) is 15.5 Å². The Balaban J connectivity index is 2.53. The highest BCUT2D eigenvalue weighted by Crippen LogP contribution is 2.19. The van der Waals surface area contributed by atoms with E-state index in [4.69, 9.17) is 5.90 Å². The minimum atomic E-state index is -0.894. The summed E-state index contributed by atoms with van der Waals surface area (Å²) in [5, 5.41) is 14.9. The predicted octanol–water partition coefficient (Wildman–Crippen LogP) is -0.321. The molecule has 0 atom stereocenters. The van der Waals surface area contributed by atoms with Crippen LogP contribution in [0.3, 0.4) is 0 Å². The van der Waals surface area contributed by atoms with Gasteiger partial charge < -0.3 is 20.6 Å². The Morgan fingerprint density at radius 2 is 1.90 bits per heavy atom. The van der Waals surface area contributed by atoms with Crippen molar-refractivity contribution in [2.45, 2.75) is 13.3 Å². The van der Waals surface area contributed by atoms with Crippen LogP contribution < -0.4 is 16.5 Å². The van der Waals surface area contributed by atoms with Crippen LogP contribution in [-0.2, 0) is 9.63 Å². The molecule has 0 aliphatic rings. The first-order chi connectivity index (χ1) is 9.95. The largest absolute Gasteiger partial charge is 0.507 e.